The third kappa shape index (κ3) is 6.65. The highest BCUT2D eigenvalue weighted by atomic mass is 35.5. The van der Waals surface area contributed by atoms with E-state index < -0.39 is 5.60 Å². The van der Waals surface area contributed by atoms with Crippen LogP contribution >= 0.6 is 11.6 Å². The Kier molecular flexibility index (Phi) is 8.43. The SMILES string of the molecule is Cc1c(C)n(Cc2ccc(-c3ccccc3C(=O)OC(C)(C)C)cc2)c2ccc(C(=O)NC(C)c3cc(Cl)ccn3)cc12. The van der Waals surface area contributed by atoms with Crippen molar-refractivity contribution in [2.45, 2.75) is 59.7 Å². The Morgan fingerprint density at radius 1 is 0.977 bits per heavy atom. The van der Waals surface area contributed by atoms with E-state index in [1.807, 2.05) is 76.2 Å². The number of amides is 1. The summed E-state index contributed by atoms with van der Waals surface area (Å²) in [6.07, 6.45) is 1.64. The average molecular weight is 594 g/mol. The second-order valence-corrected chi connectivity index (χ2v) is 12.3. The van der Waals surface area contributed by atoms with Gasteiger partial charge in [0.25, 0.3) is 5.91 Å². The van der Waals surface area contributed by atoms with Gasteiger partial charge in [-0.15, -0.1) is 0 Å². The van der Waals surface area contributed by atoms with Gasteiger partial charge in [0.1, 0.15) is 5.60 Å². The Morgan fingerprint density at radius 2 is 1.70 bits per heavy atom. The molecule has 0 aliphatic rings. The number of fused-ring (bicyclic) bond motifs is 1. The van der Waals surface area contributed by atoms with Crippen LogP contribution in [0.3, 0.4) is 0 Å². The molecule has 1 amide bonds. The Hall–Kier alpha value is -4.42. The molecule has 1 N–H and O–H groups in total. The number of esters is 1. The van der Waals surface area contributed by atoms with Gasteiger partial charge in [0.2, 0.25) is 0 Å². The molecule has 0 radical (unpaired) electrons. The lowest BCUT2D eigenvalue weighted by Gasteiger charge is -2.20. The fourth-order valence-corrected chi connectivity index (χ4v) is 5.39. The molecule has 0 bridgehead atoms. The molecule has 0 spiro atoms. The van der Waals surface area contributed by atoms with Gasteiger partial charge in [-0.05, 0) is 100 Å². The lowest BCUT2D eigenvalue weighted by Crippen LogP contribution is -2.27. The maximum atomic E-state index is 13.1. The lowest BCUT2D eigenvalue weighted by atomic mass is 9.98. The molecule has 5 rings (SSSR count). The van der Waals surface area contributed by atoms with Crippen molar-refractivity contribution in [2.24, 2.45) is 0 Å². The lowest BCUT2D eigenvalue weighted by molar-refractivity contribution is 0.00703. The quantitative estimate of drug-likeness (QED) is 0.192. The first-order valence-electron chi connectivity index (χ1n) is 14.3. The predicted octanol–water partition coefficient (Wildman–Crippen LogP) is 8.47. The maximum Gasteiger partial charge on any atom is 0.339 e. The smallest absolute Gasteiger partial charge is 0.339 e. The first-order valence-corrected chi connectivity index (χ1v) is 14.7. The highest BCUT2D eigenvalue weighted by Crippen LogP contribution is 2.30. The molecule has 0 aliphatic heterocycles. The van der Waals surface area contributed by atoms with E-state index in [0.717, 1.165) is 38.9 Å². The van der Waals surface area contributed by atoms with E-state index in [-0.39, 0.29) is 17.9 Å². The van der Waals surface area contributed by atoms with Gasteiger partial charge in [0.15, 0.2) is 0 Å². The maximum absolute atomic E-state index is 13.1. The number of carbonyl (C=O) groups excluding carboxylic acids is 2. The molecule has 43 heavy (non-hydrogen) atoms. The number of aryl methyl sites for hydroxylation is 1. The van der Waals surface area contributed by atoms with Gasteiger partial charge in [-0.25, -0.2) is 4.79 Å². The summed E-state index contributed by atoms with van der Waals surface area (Å²) >= 11 is 6.10. The molecule has 2 heterocycles. The Morgan fingerprint density at radius 3 is 2.40 bits per heavy atom. The van der Waals surface area contributed by atoms with Crippen LogP contribution in [0.1, 0.15) is 77.0 Å². The average Bonchev–Trinajstić information content (AvgIpc) is 3.21. The standard InChI is InChI=1S/C36H36ClN3O3/c1-22-24(3)40(33-16-15-27(19-31(22)33)34(41)39-23(2)32-20-28(37)17-18-38-32)21-25-11-13-26(14-12-25)29-9-7-8-10-30(29)35(42)43-36(4,5)6/h7-20,23H,21H2,1-6H3,(H,39,41). The molecule has 0 saturated heterocycles. The van der Waals surface area contributed by atoms with Crippen molar-refractivity contribution in [3.05, 3.63) is 124 Å². The van der Waals surface area contributed by atoms with E-state index in [1.54, 1.807) is 24.4 Å². The number of hydrogen-bond donors (Lipinski definition) is 1. The first-order chi connectivity index (χ1) is 20.4. The summed E-state index contributed by atoms with van der Waals surface area (Å²) < 4.78 is 7.91. The first kappa shape index (κ1) is 30.1. The van der Waals surface area contributed by atoms with Gasteiger partial charge in [-0.2, -0.15) is 0 Å². The van der Waals surface area contributed by atoms with Gasteiger partial charge >= 0.3 is 5.97 Å². The minimum Gasteiger partial charge on any atom is -0.456 e. The van der Waals surface area contributed by atoms with Crippen molar-refractivity contribution < 1.29 is 14.3 Å². The summed E-state index contributed by atoms with van der Waals surface area (Å²) in [7, 11) is 0. The summed E-state index contributed by atoms with van der Waals surface area (Å²) in [5.74, 6) is -0.496. The Balaban J connectivity index is 1.37. The molecule has 2 aromatic heterocycles. The molecule has 7 heteroatoms. The molecule has 220 valence electrons. The highest BCUT2D eigenvalue weighted by Gasteiger charge is 2.21. The number of rotatable bonds is 7. The van der Waals surface area contributed by atoms with E-state index in [0.29, 0.717) is 28.4 Å². The zero-order valence-corrected chi connectivity index (χ0v) is 26.1. The summed E-state index contributed by atoms with van der Waals surface area (Å²) in [6, 6.07) is 24.8. The number of pyridine rings is 1. The van der Waals surface area contributed by atoms with E-state index in [2.05, 4.69) is 40.8 Å². The second kappa shape index (κ2) is 12.1. The van der Waals surface area contributed by atoms with Gasteiger partial charge in [0, 0.05) is 39.9 Å². The van der Waals surface area contributed by atoms with Gasteiger partial charge in [-0.1, -0.05) is 54.1 Å². The van der Waals surface area contributed by atoms with Crippen LogP contribution in [0.15, 0.2) is 85.1 Å². The normalized spacial score (nSPS) is 12.3. The van der Waals surface area contributed by atoms with E-state index >= 15 is 0 Å². The van der Waals surface area contributed by atoms with Crippen LogP contribution in [0, 0.1) is 13.8 Å². The van der Waals surface area contributed by atoms with Crippen LogP contribution in [0.25, 0.3) is 22.0 Å². The zero-order chi connectivity index (χ0) is 30.9. The van der Waals surface area contributed by atoms with E-state index in [1.165, 1.54) is 0 Å². The molecular formula is C36H36ClN3O3. The fourth-order valence-electron chi connectivity index (χ4n) is 5.22. The van der Waals surface area contributed by atoms with Crippen LogP contribution in [-0.4, -0.2) is 27.0 Å². The summed E-state index contributed by atoms with van der Waals surface area (Å²) in [5, 5.41) is 4.66. The largest absolute Gasteiger partial charge is 0.456 e. The number of aromatic nitrogens is 2. The third-order valence-electron chi connectivity index (χ3n) is 7.59. The van der Waals surface area contributed by atoms with Crippen LogP contribution in [0.2, 0.25) is 5.02 Å². The number of hydrogen-bond acceptors (Lipinski definition) is 4. The third-order valence-corrected chi connectivity index (χ3v) is 7.82. The molecule has 0 fully saturated rings. The number of nitrogens with one attached hydrogen (secondary N) is 1. The molecule has 3 aromatic carbocycles. The minimum absolute atomic E-state index is 0.164. The van der Waals surface area contributed by atoms with E-state index in [9.17, 15) is 9.59 Å². The van der Waals surface area contributed by atoms with E-state index in [4.69, 9.17) is 16.3 Å². The summed E-state index contributed by atoms with van der Waals surface area (Å²) in [6.45, 7) is 12.4. The number of carbonyl (C=O) groups is 2. The second-order valence-electron chi connectivity index (χ2n) is 11.9. The molecule has 0 saturated carbocycles. The van der Waals surface area contributed by atoms with Gasteiger partial charge in [0.05, 0.1) is 17.3 Å². The molecule has 6 nitrogen and oxygen atoms in total. The molecular weight excluding hydrogens is 558 g/mol. The van der Waals surface area contributed by atoms with Gasteiger partial charge < -0.3 is 14.6 Å². The zero-order valence-electron chi connectivity index (χ0n) is 25.4. The number of ether oxygens (including phenoxy) is 1. The predicted molar refractivity (Wildman–Crippen MR) is 173 cm³/mol. The highest BCUT2D eigenvalue weighted by molar-refractivity contribution is 6.30. The van der Waals surface area contributed by atoms with Crippen molar-refractivity contribution in [3.63, 3.8) is 0 Å². The monoisotopic (exact) mass is 593 g/mol. The van der Waals surface area contributed by atoms with Gasteiger partial charge in [-0.3, -0.25) is 9.78 Å². The van der Waals surface area contributed by atoms with Crippen LogP contribution < -0.4 is 5.32 Å². The van der Waals surface area contributed by atoms with Crippen LogP contribution in [-0.2, 0) is 11.3 Å². The van der Waals surface area contributed by atoms with Crippen molar-refractivity contribution in [1.29, 1.82) is 0 Å². The van der Waals surface area contributed by atoms with Crippen molar-refractivity contribution >= 4 is 34.4 Å². The summed E-state index contributed by atoms with van der Waals surface area (Å²) in [5.41, 5.74) is 7.54. The van der Waals surface area contributed by atoms with Crippen molar-refractivity contribution in [2.75, 3.05) is 0 Å². The van der Waals surface area contributed by atoms with Crippen LogP contribution in [0.4, 0.5) is 0 Å². The topological polar surface area (TPSA) is 73.2 Å². The Labute approximate surface area is 257 Å². The summed E-state index contributed by atoms with van der Waals surface area (Å²) in [4.78, 5) is 30.3. The number of benzene rings is 3. The van der Waals surface area contributed by atoms with Crippen molar-refractivity contribution in [3.8, 4) is 11.1 Å². The molecule has 1 atom stereocenters. The van der Waals surface area contributed by atoms with Crippen molar-refractivity contribution in [1.82, 2.24) is 14.9 Å². The number of nitrogens with zero attached hydrogens (tertiary/aromatic N) is 2. The van der Waals surface area contributed by atoms with Crippen LogP contribution in [0.5, 0.6) is 0 Å². The molecule has 1 unspecified atom stereocenters. The number of halogens is 1. The minimum atomic E-state index is -0.568. The fraction of sp³-hybridized carbons (Fsp3) is 0.250. The molecule has 5 aromatic rings. The molecule has 0 aliphatic carbocycles. The Bertz CT molecular complexity index is 1820.